The molecule has 0 saturated heterocycles. The fraction of sp³-hybridized carbons (Fsp3) is 0.833. The molecule has 2 N–H and O–H groups in total. The van der Waals surface area contributed by atoms with E-state index >= 15 is 0 Å². The van der Waals surface area contributed by atoms with Crippen LogP contribution in [0.3, 0.4) is 0 Å². The van der Waals surface area contributed by atoms with Gasteiger partial charge in [-0.1, -0.05) is 34.8 Å². The lowest BCUT2D eigenvalue weighted by atomic mass is 10.5. The summed E-state index contributed by atoms with van der Waals surface area (Å²) in [5, 5.41) is 11.0. The smallest absolute Gasteiger partial charge is 0.409 e. The third-order valence-electron chi connectivity index (χ3n) is 0.907. The Morgan fingerprint density at radius 2 is 1.92 bits per heavy atom. The first-order valence-electron chi connectivity index (χ1n) is 3.45. The van der Waals surface area contributed by atoms with Crippen molar-refractivity contribution >= 4 is 40.9 Å². The van der Waals surface area contributed by atoms with Crippen LogP contribution in [0.5, 0.6) is 0 Å². The van der Waals surface area contributed by atoms with Gasteiger partial charge in [0.05, 0.1) is 6.10 Å². The molecule has 0 aromatic heterocycles. The van der Waals surface area contributed by atoms with Crippen LogP contribution in [0.15, 0.2) is 0 Å². The standard InChI is InChI=1S/C6H10Cl3NO3/c1-3(2)13-5(12)10-4(11)6(7,8)9/h3-4,11H,1-2H3,(H,10,12)/t4-/m0/s1. The second kappa shape index (κ2) is 5.10. The molecule has 1 atom stereocenters. The van der Waals surface area contributed by atoms with Gasteiger partial charge in [-0.2, -0.15) is 0 Å². The first-order valence-corrected chi connectivity index (χ1v) is 4.59. The Kier molecular flexibility index (Phi) is 5.14. The van der Waals surface area contributed by atoms with Crippen LogP contribution >= 0.6 is 34.8 Å². The zero-order valence-corrected chi connectivity index (χ0v) is 9.32. The second-order valence-electron chi connectivity index (χ2n) is 2.54. The minimum Gasteiger partial charge on any atom is -0.447 e. The van der Waals surface area contributed by atoms with Crippen LogP contribution in [0.4, 0.5) is 4.79 Å². The molecular formula is C6H10Cl3NO3. The highest BCUT2D eigenvalue weighted by atomic mass is 35.6. The highest BCUT2D eigenvalue weighted by Crippen LogP contribution is 2.28. The topological polar surface area (TPSA) is 58.6 Å². The van der Waals surface area contributed by atoms with Gasteiger partial charge in [-0.3, -0.25) is 5.32 Å². The van der Waals surface area contributed by atoms with Gasteiger partial charge in [0.25, 0.3) is 0 Å². The highest BCUT2D eigenvalue weighted by Gasteiger charge is 2.32. The summed E-state index contributed by atoms with van der Waals surface area (Å²) in [6.07, 6.45) is -2.74. The Morgan fingerprint density at radius 3 is 2.23 bits per heavy atom. The van der Waals surface area contributed by atoms with E-state index in [0.29, 0.717) is 0 Å². The number of hydrogen-bond donors (Lipinski definition) is 2. The van der Waals surface area contributed by atoms with Crippen LogP contribution in [0.1, 0.15) is 13.8 Å². The lowest BCUT2D eigenvalue weighted by molar-refractivity contribution is 0.0823. The molecule has 0 radical (unpaired) electrons. The molecule has 13 heavy (non-hydrogen) atoms. The molecule has 0 heterocycles. The van der Waals surface area contributed by atoms with E-state index in [2.05, 4.69) is 4.74 Å². The number of alkyl halides is 3. The van der Waals surface area contributed by atoms with E-state index in [1.807, 2.05) is 5.32 Å². The Labute approximate surface area is 91.1 Å². The monoisotopic (exact) mass is 249 g/mol. The maximum atomic E-state index is 10.8. The van der Waals surface area contributed by atoms with Crippen molar-refractivity contribution in [2.75, 3.05) is 0 Å². The summed E-state index contributed by atoms with van der Waals surface area (Å²) in [5.41, 5.74) is 0. The van der Waals surface area contributed by atoms with Crippen LogP contribution < -0.4 is 5.32 Å². The molecule has 0 rings (SSSR count). The Bertz CT molecular complexity index is 180. The van der Waals surface area contributed by atoms with Gasteiger partial charge < -0.3 is 9.84 Å². The third-order valence-corrected chi connectivity index (χ3v) is 1.53. The number of rotatable bonds is 2. The van der Waals surface area contributed by atoms with Crippen LogP contribution in [0, 0.1) is 0 Å². The normalized spacial score (nSPS) is 14.1. The molecule has 0 bridgehead atoms. The largest absolute Gasteiger partial charge is 0.447 e. The Hall–Kier alpha value is 0.1000. The average Bonchev–Trinajstić information content (AvgIpc) is 1.82. The maximum Gasteiger partial charge on any atom is 0.409 e. The van der Waals surface area contributed by atoms with Gasteiger partial charge in [0.2, 0.25) is 3.79 Å². The molecule has 0 unspecified atom stereocenters. The number of amides is 1. The molecule has 0 aliphatic heterocycles. The van der Waals surface area contributed by atoms with Gasteiger partial charge in [-0.25, -0.2) is 4.79 Å². The number of aliphatic hydroxyl groups excluding tert-OH is 1. The molecule has 0 saturated carbocycles. The number of nitrogens with one attached hydrogen (secondary N) is 1. The zero-order chi connectivity index (χ0) is 10.6. The van der Waals surface area contributed by atoms with Crippen LogP contribution in [0.2, 0.25) is 0 Å². The third kappa shape index (κ3) is 6.21. The molecular weight excluding hydrogens is 240 g/mol. The Morgan fingerprint density at radius 1 is 1.46 bits per heavy atom. The van der Waals surface area contributed by atoms with Gasteiger partial charge in [-0.05, 0) is 13.8 Å². The van der Waals surface area contributed by atoms with Crippen molar-refractivity contribution in [1.29, 1.82) is 0 Å². The molecule has 4 nitrogen and oxygen atoms in total. The van der Waals surface area contributed by atoms with Crippen molar-refractivity contribution in [3.8, 4) is 0 Å². The summed E-state index contributed by atoms with van der Waals surface area (Å²) in [4.78, 5) is 10.8. The van der Waals surface area contributed by atoms with E-state index in [-0.39, 0.29) is 6.10 Å². The van der Waals surface area contributed by atoms with Gasteiger partial charge in [-0.15, -0.1) is 0 Å². The van der Waals surface area contributed by atoms with E-state index < -0.39 is 16.1 Å². The minimum atomic E-state index is -1.96. The SMILES string of the molecule is CC(C)OC(=O)N[C@@H](O)C(Cl)(Cl)Cl. The lowest BCUT2D eigenvalue weighted by Gasteiger charge is -2.20. The van der Waals surface area contributed by atoms with Crippen molar-refractivity contribution in [2.45, 2.75) is 30.0 Å². The number of carbonyl (C=O) groups excluding carboxylic acids is 1. The number of carbonyl (C=O) groups is 1. The molecule has 0 aromatic rings. The summed E-state index contributed by atoms with van der Waals surface area (Å²) in [5.74, 6) is 0. The fourth-order valence-electron chi connectivity index (χ4n) is 0.442. The van der Waals surface area contributed by atoms with Gasteiger partial charge in [0, 0.05) is 0 Å². The fourth-order valence-corrected chi connectivity index (χ4v) is 0.605. The van der Waals surface area contributed by atoms with Crippen molar-refractivity contribution in [1.82, 2.24) is 5.32 Å². The molecule has 1 amide bonds. The number of aliphatic hydroxyl groups is 1. The number of ether oxygens (including phenoxy) is 1. The van der Waals surface area contributed by atoms with E-state index in [1.165, 1.54) is 0 Å². The number of alkyl carbamates (subject to hydrolysis) is 1. The molecule has 78 valence electrons. The predicted octanol–water partition coefficient (Wildman–Crippen LogP) is 1.81. The molecule has 0 fully saturated rings. The molecule has 7 heteroatoms. The molecule has 0 aliphatic carbocycles. The first kappa shape index (κ1) is 13.1. The summed E-state index contributed by atoms with van der Waals surface area (Å²) in [7, 11) is 0. The van der Waals surface area contributed by atoms with Crippen LogP contribution in [-0.4, -0.2) is 27.3 Å². The first-order chi connectivity index (χ1) is 5.73. The quantitative estimate of drug-likeness (QED) is 0.580. The van der Waals surface area contributed by atoms with Crippen molar-refractivity contribution in [3.63, 3.8) is 0 Å². The van der Waals surface area contributed by atoms with E-state index in [9.17, 15) is 4.79 Å². The van der Waals surface area contributed by atoms with E-state index in [1.54, 1.807) is 13.8 Å². The predicted molar refractivity (Wildman–Crippen MR) is 51.0 cm³/mol. The van der Waals surface area contributed by atoms with E-state index in [0.717, 1.165) is 0 Å². The van der Waals surface area contributed by atoms with Gasteiger partial charge in [0.1, 0.15) is 0 Å². The molecule has 0 aliphatic rings. The van der Waals surface area contributed by atoms with E-state index in [4.69, 9.17) is 39.9 Å². The van der Waals surface area contributed by atoms with Crippen molar-refractivity contribution in [2.24, 2.45) is 0 Å². The van der Waals surface area contributed by atoms with Crippen LogP contribution in [-0.2, 0) is 4.74 Å². The summed E-state index contributed by atoms with van der Waals surface area (Å²) >= 11 is 15.8. The average molecular weight is 251 g/mol. The Balaban J connectivity index is 3.93. The van der Waals surface area contributed by atoms with Crippen molar-refractivity contribution in [3.05, 3.63) is 0 Å². The maximum absolute atomic E-state index is 10.8. The molecule has 0 spiro atoms. The second-order valence-corrected chi connectivity index (χ2v) is 4.91. The number of halogens is 3. The van der Waals surface area contributed by atoms with Crippen molar-refractivity contribution < 1.29 is 14.6 Å². The molecule has 0 aromatic carbocycles. The van der Waals surface area contributed by atoms with Gasteiger partial charge >= 0.3 is 6.09 Å². The summed E-state index contributed by atoms with van der Waals surface area (Å²) in [6.45, 7) is 3.31. The van der Waals surface area contributed by atoms with Crippen LogP contribution in [0.25, 0.3) is 0 Å². The number of hydrogen-bond acceptors (Lipinski definition) is 3. The van der Waals surface area contributed by atoms with Gasteiger partial charge in [0.15, 0.2) is 6.23 Å². The minimum absolute atomic E-state index is 0.303. The highest BCUT2D eigenvalue weighted by molar-refractivity contribution is 6.68. The summed E-state index contributed by atoms with van der Waals surface area (Å²) in [6, 6.07) is 0. The zero-order valence-electron chi connectivity index (χ0n) is 7.05. The summed E-state index contributed by atoms with van der Waals surface area (Å²) < 4.78 is 2.67. The lowest BCUT2D eigenvalue weighted by Crippen LogP contribution is -2.44.